The summed E-state index contributed by atoms with van der Waals surface area (Å²) in [5, 5.41) is 11.3. The summed E-state index contributed by atoms with van der Waals surface area (Å²) in [6.07, 6.45) is 0.893. The molecule has 1 saturated heterocycles. The van der Waals surface area contributed by atoms with Crippen LogP contribution in [0.25, 0.3) is 0 Å². The van der Waals surface area contributed by atoms with Crippen molar-refractivity contribution in [1.29, 1.82) is 0 Å². The van der Waals surface area contributed by atoms with E-state index in [0.29, 0.717) is 17.2 Å². The first-order valence-electron chi connectivity index (χ1n) is 5.24. The largest absolute Gasteiger partial charge is 0.392 e. The summed E-state index contributed by atoms with van der Waals surface area (Å²) in [6, 6.07) is 1.80. The van der Waals surface area contributed by atoms with Crippen LogP contribution < -0.4 is 0 Å². The van der Waals surface area contributed by atoms with Crippen LogP contribution in [0.2, 0.25) is 0 Å². The van der Waals surface area contributed by atoms with Crippen LogP contribution in [0.4, 0.5) is 0 Å². The fourth-order valence-electron chi connectivity index (χ4n) is 1.88. The number of β-amino-alcohol motifs (C(OH)–C–C–N with tert-alkyl or cyclic N) is 1. The van der Waals surface area contributed by atoms with Crippen LogP contribution in [0, 0.1) is 6.92 Å². The molecule has 1 atom stereocenters. The third-order valence-corrected chi connectivity index (χ3v) is 6.28. The van der Waals surface area contributed by atoms with E-state index in [2.05, 4.69) is 0 Å². The van der Waals surface area contributed by atoms with Crippen molar-refractivity contribution < 1.29 is 13.5 Å². The van der Waals surface area contributed by atoms with Crippen LogP contribution in [-0.4, -0.2) is 37.0 Å². The molecular weight excluding hydrogens is 246 g/mol. The van der Waals surface area contributed by atoms with E-state index in [-0.39, 0.29) is 6.54 Å². The summed E-state index contributed by atoms with van der Waals surface area (Å²) in [5.74, 6) is 0. The second-order valence-corrected chi connectivity index (χ2v) is 7.10. The van der Waals surface area contributed by atoms with Gasteiger partial charge in [0.05, 0.1) is 6.10 Å². The highest BCUT2D eigenvalue weighted by Crippen LogP contribution is 2.27. The Hall–Kier alpha value is -0.430. The van der Waals surface area contributed by atoms with Crippen molar-refractivity contribution >= 4 is 21.4 Å². The molecule has 2 heterocycles. The van der Waals surface area contributed by atoms with Gasteiger partial charge in [0.2, 0.25) is 0 Å². The summed E-state index contributed by atoms with van der Waals surface area (Å²) in [7, 11) is -3.39. The second kappa shape index (κ2) is 4.44. The number of aryl methyl sites for hydroxylation is 1. The van der Waals surface area contributed by atoms with Gasteiger partial charge in [-0.3, -0.25) is 0 Å². The predicted molar refractivity (Wildman–Crippen MR) is 63.1 cm³/mol. The number of rotatable bonds is 2. The molecule has 16 heavy (non-hydrogen) atoms. The summed E-state index contributed by atoms with van der Waals surface area (Å²) < 4.78 is 26.3. The SMILES string of the molecule is Cc1ccsc1S(=O)(=O)N1CCCC(O)C1. The number of sulfonamides is 1. The van der Waals surface area contributed by atoms with E-state index >= 15 is 0 Å². The van der Waals surface area contributed by atoms with Gasteiger partial charge in [-0.1, -0.05) is 0 Å². The molecule has 2 rings (SSSR count). The first kappa shape index (κ1) is 12.0. The molecular formula is C10H15NO3S2. The molecule has 1 aromatic heterocycles. The van der Waals surface area contributed by atoms with Crippen molar-refractivity contribution in [2.24, 2.45) is 0 Å². The standard InChI is InChI=1S/C10H15NO3S2/c1-8-4-6-15-10(8)16(13,14)11-5-2-3-9(12)7-11/h4,6,9,12H,2-3,5,7H2,1H3. The van der Waals surface area contributed by atoms with Crippen LogP contribution in [0.5, 0.6) is 0 Å². The third-order valence-electron chi connectivity index (χ3n) is 2.75. The van der Waals surface area contributed by atoms with Gasteiger partial charge in [0, 0.05) is 13.1 Å². The zero-order valence-corrected chi connectivity index (χ0v) is 10.7. The lowest BCUT2D eigenvalue weighted by molar-refractivity contribution is 0.108. The zero-order valence-electron chi connectivity index (χ0n) is 9.09. The van der Waals surface area contributed by atoms with E-state index in [1.54, 1.807) is 18.4 Å². The Morgan fingerprint density at radius 1 is 1.56 bits per heavy atom. The normalized spacial score (nSPS) is 23.5. The van der Waals surface area contributed by atoms with E-state index < -0.39 is 16.1 Å². The van der Waals surface area contributed by atoms with E-state index in [1.807, 2.05) is 0 Å². The van der Waals surface area contributed by atoms with Gasteiger partial charge in [0.1, 0.15) is 4.21 Å². The summed E-state index contributed by atoms with van der Waals surface area (Å²) in [5.41, 5.74) is 0.782. The maximum absolute atomic E-state index is 12.2. The number of aliphatic hydroxyl groups excluding tert-OH is 1. The summed E-state index contributed by atoms with van der Waals surface area (Å²) >= 11 is 1.24. The van der Waals surface area contributed by atoms with Crippen LogP contribution in [-0.2, 0) is 10.0 Å². The third kappa shape index (κ3) is 2.15. The van der Waals surface area contributed by atoms with Gasteiger partial charge < -0.3 is 5.11 Å². The Balaban J connectivity index is 2.29. The second-order valence-electron chi connectivity index (χ2n) is 4.05. The Bertz CT molecular complexity index is 466. The first-order chi connectivity index (χ1) is 7.51. The van der Waals surface area contributed by atoms with E-state index in [9.17, 15) is 13.5 Å². The quantitative estimate of drug-likeness (QED) is 0.870. The molecule has 0 bridgehead atoms. The molecule has 0 radical (unpaired) electrons. The first-order valence-corrected chi connectivity index (χ1v) is 7.56. The highest BCUT2D eigenvalue weighted by molar-refractivity contribution is 7.91. The summed E-state index contributed by atoms with van der Waals surface area (Å²) in [6.45, 7) is 2.53. The van der Waals surface area contributed by atoms with E-state index in [1.165, 1.54) is 15.6 Å². The van der Waals surface area contributed by atoms with Gasteiger partial charge in [-0.05, 0) is 36.8 Å². The van der Waals surface area contributed by atoms with Crippen molar-refractivity contribution in [3.8, 4) is 0 Å². The molecule has 90 valence electrons. The van der Waals surface area contributed by atoms with Crippen LogP contribution >= 0.6 is 11.3 Å². The van der Waals surface area contributed by atoms with Crippen LogP contribution in [0.15, 0.2) is 15.7 Å². The minimum absolute atomic E-state index is 0.222. The lowest BCUT2D eigenvalue weighted by Gasteiger charge is -2.28. The Morgan fingerprint density at radius 3 is 2.88 bits per heavy atom. The lowest BCUT2D eigenvalue weighted by Crippen LogP contribution is -2.41. The van der Waals surface area contributed by atoms with Crippen molar-refractivity contribution in [3.05, 3.63) is 17.0 Å². The number of piperidine rings is 1. The van der Waals surface area contributed by atoms with Crippen molar-refractivity contribution in [2.45, 2.75) is 30.1 Å². The van der Waals surface area contributed by atoms with Gasteiger partial charge in [-0.2, -0.15) is 4.31 Å². The van der Waals surface area contributed by atoms with Crippen LogP contribution in [0.3, 0.4) is 0 Å². The molecule has 1 unspecified atom stereocenters. The molecule has 4 nitrogen and oxygen atoms in total. The highest BCUT2D eigenvalue weighted by Gasteiger charge is 2.31. The van der Waals surface area contributed by atoms with Crippen molar-refractivity contribution in [2.75, 3.05) is 13.1 Å². The minimum Gasteiger partial charge on any atom is -0.392 e. The average molecular weight is 261 g/mol. The molecule has 1 aliphatic heterocycles. The van der Waals surface area contributed by atoms with Crippen molar-refractivity contribution in [3.63, 3.8) is 0 Å². The number of hydrogen-bond donors (Lipinski definition) is 1. The minimum atomic E-state index is -3.39. The topological polar surface area (TPSA) is 57.6 Å². The van der Waals surface area contributed by atoms with Gasteiger partial charge in [0.15, 0.2) is 0 Å². The van der Waals surface area contributed by atoms with Crippen LogP contribution in [0.1, 0.15) is 18.4 Å². The zero-order chi connectivity index (χ0) is 11.8. The Kier molecular flexibility index (Phi) is 3.34. The molecule has 0 aliphatic carbocycles. The monoisotopic (exact) mass is 261 g/mol. The van der Waals surface area contributed by atoms with E-state index in [4.69, 9.17) is 0 Å². The molecule has 0 aromatic carbocycles. The van der Waals surface area contributed by atoms with Crippen molar-refractivity contribution in [1.82, 2.24) is 4.31 Å². The van der Waals surface area contributed by atoms with Gasteiger partial charge in [-0.25, -0.2) is 8.42 Å². The number of hydrogen-bond acceptors (Lipinski definition) is 4. The smallest absolute Gasteiger partial charge is 0.252 e. The molecule has 1 aliphatic rings. The molecule has 1 N–H and O–H groups in total. The predicted octanol–water partition coefficient (Wildman–Crippen LogP) is 1.20. The Morgan fingerprint density at radius 2 is 2.31 bits per heavy atom. The lowest BCUT2D eigenvalue weighted by atomic mass is 10.1. The maximum Gasteiger partial charge on any atom is 0.252 e. The Labute approximate surface area is 99.6 Å². The highest BCUT2D eigenvalue weighted by atomic mass is 32.2. The average Bonchev–Trinajstić information content (AvgIpc) is 2.65. The molecule has 0 spiro atoms. The number of thiophene rings is 1. The fourth-order valence-corrected chi connectivity index (χ4v) is 4.95. The maximum atomic E-state index is 12.2. The fraction of sp³-hybridized carbons (Fsp3) is 0.600. The molecule has 1 fully saturated rings. The van der Waals surface area contributed by atoms with E-state index in [0.717, 1.165) is 12.0 Å². The molecule has 0 saturated carbocycles. The number of nitrogens with zero attached hydrogens (tertiary/aromatic N) is 1. The molecule has 1 aromatic rings. The summed E-state index contributed by atoms with van der Waals surface area (Å²) in [4.78, 5) is 0. The number of aliphatic hydroxyl groups is 1. The van der Waals surface area contributed by atoms with Gasteiger partial charge >= 0.3 is 0 Å². The molecule has 0 amide bonds. The molecule has 6 heteroatoms. The van der Waals surface area contributed by atoms with Gasteiger partial charge in [-0.15, -0.1) is 11.3 Å². The van der Waals surface area contributed by atoms with Gasteiger partial charge in [0.25, 0.3) is 10.0 Å².